The van der Waals surface area contributed by atoms with Crippen molar-refractivity contribution in [2.45, 2.75) is 19.4 Å². The Morgan fingerprint density at radius 3 is 2.71 bits per heavy atom. The molecule has 1 atom stereocenters. The van der Waals surface area contributed by atoms with E-state index in [2.05, 4.69) is 10.2 Å². The summed E-state index contributed by atoms with van der Waals surface area (Å²) < 4.78 is 4.90. The van der Waals surface area contributed by atoms with Crippen LogP contribution in [0.4, 0.5) is 5.69 Å². The van der Waals surface area contributed by atoms with E-state index in [-0.39, 0.29) is 17.7 Å². The van der Waals surface area contributed by atoms with Crippen molar-refractivity contribution in [3.8, 4) is 0 Å². The predicted molar refractivity (Wildman–Crippen MR) is 90.5 cm³/mol. The van der Waals surface area contributed by atoms with Gasteiger partial charge in [0.25, 0.3) is 5.91 Å². The minimum atomic E-state index is -0.224. The van der Waals surface area contributed by atoms with E-state index in [1.807, 2.05) is 24.3 Å². The van der Waals surface area contributed by atoms with Gasteiger partial charge in [0.2, 0.25) is 5.91 Å². The number of amides is 2. The first kappa shape index (κ1) is 16.1. The Bertz CT molecular complexity index is 695. The van der Waals surface area contributed by atoms with Crippen molar-refractivity contribution >= 4 is 17.5 Å². The van der Waals surface area contributed by atoms with Crippen molar-refractivity contribution in [1.29, 1.82) is 0 Å². The van der Waals surface area contributed by atoms with E-state index in [1.54, 1.807) is 6.07 Å². The summed E-state index contributed by atoms with van der Waals surface area (Å²) in [5.74, 6) is -0.459. The van der Waals surface area contributed by atoms with Gasteiger partial charge in [0.05, 0.1) is 17.7 Å². The van der Waals surface area contributed by atoms with Crippen molar-refractivity contribution in [3.63, 3.8) is 0 Å². The van der Waals surface area contributed by atoms with Crippen LogP contribution in [0.5, 0.6) is 0 Å². The molecule has 3 N–H and O–H groups in total. The standard InChI is InChI=1S/C18H21N3O3/c19-17(22)14-2-1-8-21(11-14)16-5-3-13(4-6-16)10-20-18(23)15-7-9-24-12-15/h3-7,9,12,14H,1-2,8,10-11H2,(H2,19,22)(H,20,23). The predicted octanol–water partition coefficient (Wildman–Crippen LogP) is 1.91. The second kappa shape index (κ2) is 7.21. The Kier molecular flexibility index (Phi) is 4.84. The van der Waals surface area contributed by atoms with E-state index in [0.29, 0.717) is 18.7 Å². The number of benzene rings is 1. The number of carbonyl (C=O) groups excluding carboxylic acids is 2. The zero-order chi connectivity index (χ0) is 16.9. The number of piperidine rings is 1. The molecule has 2 heterocycles. The first-order chi connectivity index (χ1) is 11.6. The summed E-state index contributed by atoms with van der Waals surface area (Å²) in [6.45, 7) is 2.06. The lowest BCUT2D eigenvalue weighted by molar-refractivity contribution is -0.122. The summed E-state index contributed by atoms with van der Waals surface area (Å²) in [6.07, 6.45) is 4.73. The van der Waals surface area contributed by atoms with Crippen molar-refractivity contribution in [1.82, 2.24) is 5.32 Å². The molecule has 0 saturated carbocycles. The molecule has 1 aliphatic rings. The number of nitrogens with zero attached hydrogens (tertiary/aromatic N) is 1. The van der Waals surface area contributed by atoms with E-state index in [4.69, 9.17) is 10.2 Å². The third-order valence-electron chi connectivity index (χ3n) is 4.36. The van der Waals surface area contributed by atoms with Crippen LogP contribution in [0.25, 0.3) is 0 Å². The van der Waals surface area contributed by atoms with Crippen molar-refractivity contribution in [3.05, 3.63) is 54.0 Å². The molecule has 1 aromatic carbocycles. The molecule has 3 rings (SSSR count). The molecule has 1 aliphatic heterocycles. The molecule has 0 aliphatic carbocycles. The number of nitrogens with two attached hydrogens (primary N) is 1. The van der Waals surface area contributed by atoms with Crippen LogP contribution in [0.3, 0.4) is 0 Å². The van der Waals surface area contributed by atoms with Crippen molar-refractivity contribution in [2.24, 2.45) is 11.7 Å². The molecular weight excluding hydrogens is 306 g/mol. The number of anilines is 1. The Morgan fingerprint density at radius 1 is 1.25 bits per heavy atom. The molecule has 0 radical (unpaired) electrons. The van der Waals surface area contributed by atoms with Gasteiger partial charge in [0.1, 0.15) is 6.26 Å². The molecule has 1 saturated heterocycles. The Labute approximate surface area is 140 Å². The Balaban J connectivity index is 1.57. The molecule has 2 aromatic rings. The lowest BCUT2D eigenvalue weighted by Crippen LogP contribution is -2.41. The Morgan fingerprint density at radius 2 is 2.04 bits per heavy atom. The van der Waals surface area contributed by atoms with Crippen LogP contribution in [-0.4, -0.2) is 24.9 Å². The third kappa shape index (κ3) is 3.76. The quantitative estimate of drug-likeness (QED) is 0.878. The topological polar surface area (TPSA) is 88.6 Å². The van der Waals surface area contributed by atoms with Gasteiger partial charge in [0, 0.05) is 25.3 Å². The zero-order valence-electron chi connectivity index (χ0n) is 13.4. The van der Waals surface area contributed by atoms with E-state index < -0.39 is 0 Å². The molecular formula is C18H21N3O3. The van der Waals surface area contributed by atoms with Gasteiger partial charge in [0.15, 0.2) is 0 Å². The Hall–Kier alpha value is -2.76. The number of primary amides is 1. The normalized spacial score (nSPS) is 17.5. The van der Waals surface area contributed by atoms with Gasteiger partial charge >= 0.3 is 0 Å². The zero-order valence-corrected chi connectivity index (χ0v) is 13.4. The van der Waals surface area contributed by atoms with Gasteiger partial charge in [-0.15, -0.1) is 0 Å². The van der Waals surface area contributed by atoms with Crippen LogP contribution in [0.1, 0.15) is 28.8 Å². The van der Waals surface area contributed by atoms with Crippen LogP contribution in [0.2, 0.25) is 0 Å². The SMILES string of the molecule is NC(=O)C1CCCN(c2ccc(CNC(=O)c3ccoc3)cc2)C1. The smallest absolute Gasteiger partial charge is 0.254 e. The fourth-order valence-corrected chi connectivity index (χ4v) is 2.95. The summed E-state index contributed by atoms with van der Waals surface area (Å²) >= 11 is 0. The highest BCUT2D eigenvalue weighted by atomic mass is 16.3. The highest BCUT2D eigenvalue weighted by Crippen LogP contribution is 2.23. The van der Waals surface area contributed by atoms with Gasteiger partial charge < -0.3 is 20.4 Å². The lowest BCUT2D eigenvalue weighted by Gasteiger charge is -2.33. The van der Waals surface area contributed by atoms with Crippen molar-refractivity contribution in [2.75, 3.05) is 18.0 Å². The van der Waals surface area contributed by atoms with Gasteiger partial charge in [-0.1, -0.05) is 12.1 Å². The number of rotatable bonds is 5. The summed E-state index contributed by atoms with van der Waals surface area (Å²) in [4.78, 5) is 25.4. The third-order valence-corrected chi connectivity index (χ3v) is 4.36. The molecule has 1 unspecified atom stereocenters. The molecule has 24 heavy (non-hydrogen) atoms. The minimum Gasteiger partial charge on any atom is -0.472 e. The average molecular weight is 327 g/mol. The molecule has 2 amide bonds. The van der Waals surface area contributed by atoms with E-state index in [1.165, 1.54) is 12.5 Å². The number of hydrogen-bond donors (Lipinski definition) is 2. The molecule has 0 spiro atoms. The fraction of sp³-hybridized carbons (Fsp3) is 0.333. The first-order valence-electron chi connectivity index (χ1n) is 8.07. The van der Waals surface area contributed by atoms with Gasteiger partial charge in [-0.2, -0.15) is 0 Å². The van der Waals surface area contributed by atoms with Crippen LogP contribution in [0, 0.1) is 5.92 Å². The number of hydrogen-bond acceptors (Lipinski definition) is 4. The molecule has 1 aromatic heterocycles. The van der Waals surface area contributed by atoms with E-state index in [0.717, 1.165) is 30.6 Å². The first-order valence-corrected chi connectivity index (χ1v) is 8.07. The highest BCUT2D eigenvalue weighted by Gasteiger charge is 2.24. The fourth-order valence-electron chi connectivity index (χ4n) is 2.95. The molecule has 6 nitrogen and oxygen atoms in total. The van der Waals surface area contributed by atoms with Crippen molar-refractivity contribution < 1.29 is 14.0 Å². The van der Waals surface area contributed by atoms with Crippen LogP contribution in [0.15, 0.2) is 47.3 Å². The second-order valence-electron chi connectivity index (χ2n) is 6.05. The maximum Gasteiger partial charge on any atom is 0.254 e. The minimum absolute atomic E-state index is 0.0762. The average Bonchev–Trinajstić information content (AvgIpc) is 3.15. The molecule has 1 fully saturated rings. The summed E-state index contributed by atoms with van der Waals surface area (Å²) in [5.41, 5.74) is 8.03. The van der Waals surface area contributed by atoms with Crippen LogP contribution in [-0.2, 0) is 11.3 Å². The van der Waals surface area contributed by atoms with E-state index >= 15 is 0 Å². The van der Waals surface area contributed by atoms with Gasteiger partial charge in [-0.25, -0.2) is 0 Å². The molecule has 0 bridgehead atoms. The van der Waals surface area contributed by atoms with Crippen LogP contribution >= 0.6 is 0 Å². The summed E-state index contributed by atoms with van der Waals surface area (Å²) in [6, 6.07) is 9.63. The number of carbonyl (C=O) groups is 2. The maximum absolute atomic E-state index is 11.9. The van der Waals surface area contributed by atoms with Gasteiger partial charge in [-0.05, 0) is 36.6 Å². The number of furan rings is 1. The largest absolute Gasteiger partial charge is 0.472 e. The van der Waals surface area contributed by atoms with Crippen LogP contribution < -0.4 is 16.0 Å². The summed E-state index contributed by atoms with van der Waals surface area (Å²) in [5, 5.41) is 2.85. The van der Waals surface area contributed by atoms with E-state index in [9.17, 15) is 9.59 Å². The highest BCUT2D eigenvalue weighted by molar-refractivity contribution is 5.93. The molecule has 126 valence electrons. The number of nitrogens with one attached hydrogen (secondary N) is 1. The summed E-state index contributed by atoms with van der Waals surface area (Å²) in [7, 11) is 0. The van der Waals surface area contributed by atoms with Gasteiger partial charge in [-0.3, -0.25) is 9.59 Å². The second-order valence-corrected chi connectivity index (χ2v) is 6.05. The monoisotopic (exact) mass is 327 g/mol. The molecule has 6 heteroatoms. The maximum atomic E-state index is 11.9. The lowest BCUT2D eigenvalue weighted by atomic mass is 9.97.